The molecule has 4 rings (SSSR count). The van der Waals surface area contributed by atoms with Crippen LogP contribution in [-0.2, 0) is 18.2 Å². The second kappa shape index (κ2) is 6.62. The summed E-state index contributed by atoms with van der Waals surface area (Å²) >= 11 is 0. The van der Waals surface area contributed by atoms with Crippen LogP contribution in [0.4, 0.5) is 0 Å². The molecule has 8 nitrogen and oxygen atoms in total. The largest absolute Gasteiger partial charge is 0.372 e. The lowest BCUT2D eigenvalue weighted by Gasteiger charge is -2.10. The van der Waals surface area contributed by atoms with Gasteiger partial charge in [0.25, 0.3) is 11.8 Å². The number of hydrogen-bond donors (Lipinski definition) is 1. The van der Waals surface area contributed by atoms with E-state index < -0.39 is 5.91 Å². The Labute approximate surface area is 156 Å². The van der Waals surface area contributed by atoms with E-state index in [9.17, 15) is 4.79 Å². The van der Waals surface area contributed by atoms with E-state index in [2.05, 4.69) is 27.4 Å². The Morgan fingerprint density at radius 2 is 2.26 bits per heavy atom. The van der Waals surface area contributed by atoms with Crippen molar-refractivity contribution in [2.45, 2.75) is 31.8 Å². The van der Waals surface area contributed by atoms with E-state index in [1.807, 2.05) is 13.0 Å². The second-order valence-corrected chi connectivity index (χ2v) is 6.80. The van der Waals surface area contributed by atoms with Gasteiger partial charge >= 0.3 is 0 Å². The monoisotopic (exact) mass is 367 g/mol. The van der Waals surface area contributed by atoms with Gasteiger partial charge in [-0.15, -0.1) is 0 Å². The molecule has 0 spiro atoms. The van der Waals surface area contributed by atoms with Gasteiger partial charge in [0.2, 0.25) is 5.82 Å². The number of aromatic nitrogens is 4. The maximum atomic E-state index is 11.8. The van der Waals surface area contributed by atoms with Crippen LogP contribution in [0.3, 0.4) is 0 Å². The smallest absolute Gasteiger partial charge is 0.255 e. The predicted molar refractivity (Wildman–Crippen MR) is 97.0 cm³/mol. The summed E-state index contributed by atoms with van der Waals surface area (Å²) in [5.41, 5.74) is 10.0. The van der Waals surface area contributed by atoms with Crippen molar-refractivity contribution >= 4 is 5.91 Å². The number of ether oxygens (including phenoxy) is 1. The van der Waals surface area contributed by atoms with Gasteiger partial charge in [-0.2, -0.15) is 10.1 Å². The molecule has 3 aromatic rings. The normalized spacial score (nSPS) is 17.1. The van der Waals surface area contributed by atoms with Gasteiger partial charge in [0.15, 0.2) is 0 Å². The highest BCUT2D eigenvalue weighted by Crippen LogP contribution is 2.40. The Bertz CT molecular complexity index is 1010. The first-order valence-corrected chi connectivity index (χ1v) is 8.81. The Balaban J connectivity index is 1.67. The number of aryl methyl sites for hydroxylation is 2. The van der Waals surface area contributed by atoms with Crippen molar-refractivity contribution in [3.05, 3.63) is 52.7 Å². The molecule has 2 aromatic heterocycles. The predicted octanol–water partition coefficient (Wildman–Crippen LogP) is 2.35. The van der Waals surface area contributed by atoms with E-state index in [0.717, 1.165) is 29.7 Å². The van der Waals surface area contributed by atoms with Crippen LogP contribution >= 0.6 is 0 Å². The highest BCUT2D eigenvalue weighted by Gasteiger charge is 2.30. The molecular weight excluding hydrogens is 346 g/mol. The van der Waals surface area contributed by atoms with Gasteiger partial charge in [-0.3, -0.25) is 9.48 Å². The molecule has 0 radical (unpaired) electrons. The van der Waals surface area contributed by atoms with E-state index in [0.29, 0.717) is 17.3 Å². The molecule has 0 fully saturated rings. The molecule has 0 saturated carbocycles. The van der Waals surface area contributed by atoms with Gasteiger partial charge in [0, 0.05) is 31.8 Å². The lowest BCUT2D eigenvalue weighted by atomic mass is 9.94. The van der Waals surface area contributed by atoms with Crippen LogP contribution in [0.15, 0.2) is 28.9 Å². The summed E-state index contributed by atoms with van der Waals surface area (Å²) in [5.74, 6) is 0.600. The summed E-state index contributed by atoms with van der Waals surface area (Å²) in [4.78, 5) is 16.2. The molecule has 2 heterocycles. The lowest BCUT2D eigenvalue weighted by Crippen LogP contribution is -2.14. The molecule has 2 N–H and O–H groups in total. The molecule has 1 amide bonds. The highest BCUT2D eigenvalue weighted by molar-refractivity contribution is 5.94. The number of fused-ring (bicyclic) bond motifs is 1. The number of benzene rings is 1. The van der Waals surface area contributed by atoms with E-state index in [1.54, 1.807) is 25.0 Å². The minimum Gasteiger partial charge on any atom is -0.372 e. The summed E-state index contributed by atoms with van der Waals surface area (Å²) in [6.07, 6.45) is 3.21. The third-order valence-electron chi connectivity index (χ3n) is 5.07. The number of carbonyl (C=O) groups is 1. The Morgan fingerprint density at radius 1 is 1.44 bits per heavy atom. The molecule has 2 atom stereocenters. The number of carbonyl (C=O) groups excluding carboxylic acids is 1. The fourth-order valence-electron chi connectivity index (χ4n) is 3.61. The highest BCUT2D eigenvalue weighted by atomic mass is 16.5. The number of nitrogens with two attached hydrogens (primary N) is 1. The first-order valence-electron chi connectivity index (χ1n) is 8.81. The lowest BCUT2D eigenvalue weighted by molar-refractivity contribution is 0.0886. The average Bonchev–Trinajstić information content (AvgIpc) is 3.37. The summed E-state index contributed by atoms with van der Waals surface area (Å²) in [6, 6.07) is 6.10. The van der Waals surface area contributed by atoms with Gasteiger partial charge in [-0.25, -0.2) is 0 Å². The summed E-state index contributed by atoms with van der Waals surface area (Å²) in [5, 5.41) is 8.54. The number of hydrogen-bond acceptors (Lipinski definition) is 6. The number of nitrogens with zero attached hydrogens (tertiary/aromatic N) is 4. The summed E-state index contributed by atoms with van der Waals surface area (Å²) in [7, 11) is 3.39. The molecule has 140 valence electrons. The van der Waals surface area contributed by atoms with Crippen molar-refractivity contribution in [2.75, 3.05) is 7.11 Å². The van der Waals surface area contributed by atoms with Gasteiger partial charge in [0.1, 0.15) is 6.10 Å². The van der Waals surface area contributed by atoms with Crippen molar-refractivity contribution in [2.24, 2.45) is 12.8 Å². The van der Waals surface area contributed by atoms with Gasteiger partial charge in [-0.1, -0.05) is 17.3 Å². The maximum Gasteiger partial charge on any atom is 0.255 e. The van der Waals surface area contributed by atoms with Crippen molar-refractivity contribution in [3.8, 4) is 11.4 Å². The quantitative estimate of drug-likeness (QED) is 0.741. The molecule has 0 aliphatic heterocycles. The number of methoxy groups -OCH3 is 1. The van der Waals surface area contributed by atoms with Gasteiger partial charge in [0.05, 0.1) is 11.3 Å². The van der Waals surface area contributed by atoms with E-state index in [4.69, 9.17) is 15.0 Å². The zero-order valence-corrected chi connectivity index (χ0v) is 15.5. The fourth-order valence-corrected chi connectivity index (χ4v) is 3.61. The van der Waals surface area contributed by atoms with Crippen molar-refractivity contribution < 1.29 is 14.1 Å². The average molecular weight is 367 g/mol. The molecule has 1 aliphatic carbocycles. The van der Waals surface area contributed by atoms with E-state index in [1.165, 1.54) is 5.56 Å². The van der Waals surface area contributed by atoms with Crippen molar-refractivity contribution in [3.63, 3.8) is 0 Å². The van der Waals surface area contributed by atoms with E-state index >= 15 is 0 Å². The summed E-state index contributed by atoms with van der Waals surface area (Å²) < 4.78 is 12.1. The molecule has 1 aromatic carbocycles. The number of rotatable bonds is 5. The van der Waals surface area contributed by atoms with Crippen LogP contribution in [0.2, 0.25) is 0 Å². The first-order chi connectivity index (χ1) is 13.0. The molecular formula is C19H21N5O3. The second-order valence-electron chi connectivity index (χ2n) is 6.80. The van der Waals surface area contributed by atoms with Crippen LogP contribution in [0.25, 0.3) is 11.4 Å². The van der Waals surface area contributed by atoms with Gasteiger partial charge < -0.3 is 15.0 Å². The Kier molecular flexibility index (Phi) is 4.27. The zero-order valence-electron chi connectivity index (χ0n) is 15.5. The molecule has 0 bridgehead atoms. The zero-order chi connectivity index (χ0) is 19.1. The Hall–Kier alpha value is -3.00. The number of primary amides is 1. The fraction of sp³-hybridized carbons (Fsp3) is 0.368. The molecule has 8 heteroatoms. The van der Waals surface area contributed by atoms with Crippen LogP contribution in [0.5, 0.6) is 0 Å². The molecule has 0 saturated heterocycles. The number of amides is 1. The SMILES string of the molecule is COC(C)c1nc(-c2ccc3c(c2)CC[C@H]3c2nn(C)cc2C(N)=O)no1. The Morgan fingerprint density at radius 3 is 3.00 bits per heavy atom. The van der Waals surface area contributed by atoms with Crippen LogP contribution in [0.1, 0.15) is 58.4 Å². The topological polar surface area (TPSA) is 109 Å². The minimum atomic E-state index is -0.449. The minimum absolute atomic E-state index is 0.0621. The van der Waals surface area contributed by atoms with Crippen molar-refractivity contribution in [1.29, 1.82) is 0 Å². The van der Waals surface area contributed by atoms with Crippen LogP contribution < -0.4 is 5.73 Å². The van der Waals surface area contributed by atoms with Crippen LogP contribution in [-0.4, -0.2) is 32.9 Å². The van der Waals surface area contributed by atoms with E-state index in [-0.39, 0.29) is 12.0 Å². The standard InChI is InChI=1S/C19H21N5O3/c1-10(26-3)19-21-18(23-27-19)12-5-6-13-11(8-12)4-7-14(13)16-15(17(20)25)9-24(2)22-16/h5-6,8-10,14H,4,7H2,1-3H3,(H2,20,25)/t10?,14-/m1/s1. The maximum absolute atomic E-state index is 11.8. The van der Waals surface area contributed by atoms with Crippen LogP contribution in [0, 0.1) is 0 Å². The third-order valence-corrected chi connectivity index (χ3v) is 5.07. The third kappa shape index (κ3) is 3.02. The molecule has 1 aliphatic rings. The first kappa shape index (κ1) is 17.4. The van der Waals surface area contributed by atoms with Crippen molar-refractivity contribution in [1.82, 2.24) is 19.9 Å². The molecule has 27 heavy (non-hydrogen) atoms. The molecule has 1 unspecified atom stereocenters. The van der Waals surface area contributed by atoms with Gasteiger partial charge in [-0.05, 0) is 37.0 Å². The summed E-state index contributed by atoms with van der Waals surface area (Å²) in [6.45, 7) is 1.85.